The molecule has 348 valence electrons. The molecule has 0 atom stereocenters. The Bertz CT molecular complexity index is 2370. The highest BCUT2D eigenvalue weighted by Gasteiger charge is 2.21. The first-order chi connectivity index (χ1) is 33.5. The monoisotopic (exact) mass is 930 g/mol. The molecule has 0 unspecified atom stereocenters. The second kappa shape index (κ2) is 25.8. The van der Waals surface area contributed by atoms with Crippen molar-refractivity contribution in [2.75, 3.05) is 19.8 Å². The van der Waals surface area contributed by atoms with Crippen molar-refractivity contribution in [3.8, 4) is 51.7 Å². The van der Waals surface area contributed by atoms with Gasteiger partial charge in [-0.2, -0.15) is 0 Å². The highest BCUT2D eigenvalue weighted by Crippen LogP contribution is 2.44. The molecular weight excluding hydrogens is 876 g/mol. The first-order valence-corrected chi connectivity index (χ1v) is 22.8. The van der Waals surface area contributed by atoms with Gasteiger partial charge in [0.2, 0.25) is 17.2 Å². The molecule has 10 heteroatoms. The van der Waals surface area contributed by atoms with Crippen LogP contribution in [-0.4, -0.2) is 19.8 Å². The largest absolute Gasteiger partial charge is 0.485 e. The first-order valence-electron chi connectivity index (χ1n) is 22.2. The van der Waals surface area contributed by atoms with E-state index in [9.17, 15) is 0 Å². The number of hydrogen-bond donors (Lipinski definition) is 0. The summed E-state index contributed by atoms with van der Waals surface area (Å²) in [6, 6.07) is 50.9. The molecule has 7 rings (SSSR count). The summed E-state index contributed by atoms with van der Waals surface area (Å²) < 4.78 is 57.7. The Labute approximate surface area is 404 Å². The van der Waals surface area contributed by atoms with E-state index in [1.807, 2.05) is 158 Å². The summed E-state index contributed by atoms with van der Waals surface area (Å²) in [4.78, 5) is 0. The molecule has 9 nitrogen and oxygen atoms in total. The maximum Gasteiger partial charge on any atom is 0.203 e. The average molecular weight is 932 g/mol. The first kappa shape index (κ1) is 48.2. The van der Waals surface area contributed by atoms with Gasteiger partial charge in [0, 0.05) is 5.88 Å². The Morgan fingerprint density at radius 1 is 0.294 bits per heavy atom. The van der Waals surface area contributed by atoms with Gasteiger partial charge in [-0.15, -0.1) is 11.6 Å². The fourth-order valence-corrected chi connectivity index (χ4v) is 7.05. The van der Waals surface area contributed by atoms with Gasteiger partial charge in [0.05, 0.1) is 0 Å². The van der Waals surface area contributed by atoms with E-state index < -0.39 is 0 Å². The predicted molar refractivity (Wildman–Crippen MR) is 268 cm³/mol. The van der Waals surface area contributed by atoms with Crippen LogP contribution in [0.1, 0.15) is 38.9 Å². The molecule has 0 spiro atoms. The van der Waals surface area contributed by atoms with E-state index in [0.717, 1.165) is 38.9 Å². The fourth-order valence-electron chi connectivity index (χ4n) is 6.90. The minimum Gasteiger partial charge on any atom is -0.485 e. The van der Waals surface area contributed by atoms with Gasteiger partial charge in [0.1, 0.15) is 59.5 Å². The predicted octanol–water partition coefficient (Wildman–Crippen LogP) is 13.6. The van der Waals surface area contributed by atoms with Gasteiger partial charge in [0.25, 0.3) is 0 Å². The lowest BCUT2D eigenvalue weighted by atomic mass is 10.1. The molecule has 7 aromatic carbocycles. The van der Waals surface area contributed by atoms with Gasteiger partial charge in [-0.1, -0.05) is 159 Å². The Morgan fingerprint density at radius 2 is 0.515 bits per heavy atom. The van der Waals surface area contributed by atoms with Crippen LogP contribution >= 0.6 is 11.6 Å². The maximum absolute atomic E-state index is 6.62. The SMILES string of the molecule is C=CCOc1c(OCc2cc(OCc3ccccc3)c(OCC=C)c(OCc3ccccc3)c2)cc(CCl)cc1OCc1cc(OCc2ccccc2)c(OCC=C)c(OCc2ccccc2)c1. The lowest BCUT2D eigenvalue weighted by Gasteiger charge is -2.21. The molecule has 0 fully saturated rings. The van der Waals surface area contributed by atoms with Crippen LogP contribution in [0.25, 0.3) is 0 Å². The van der Waals surface area contributed by atoms with E-state index in [0.29, 0.717) is 78.2 Å². The number of rotatable bonds is 28. The second-order valence-corrected chi connectivity index (χ2v) is 15.6. The zero-order valence-electron chi connectivity index (χ0n) is 38.0. The van der Waals surface area contributed by atoms with Crippen LogP contribution in [0.5, 0.6) is 51.7 Å². The zero-order chi connectivity index (χ0) is 47.2. The van der Waals surface area contributed by atoms with Crippen molar-refractivity contribution in [1.29, 1.82) is 0 Å². The van der Waals surface area contributed by atoms with Crippen molar-refractivity contribution in [2.45, 2.75) is 45.5 Å². The molecule has 7 aromatic rings. The van der Waals surface area contributed by atoms with Crippen molar-refractivity contribution in [3.05, 3.63) is 235 Å². The Hall–Kier alpha value is -7.75. The minimum absolute atomic E-state index is 0.0944. The van der Waals surface area contributed by atoms with E-state index in [-0.39, 0.29) is 38.9 Å². The quantitative estimate of drug-likeness (QED) is 0.0352. The van der Waals surface area contributed by atoms with Crippen molar-refractivity contribution < 1.29 is 42.6 Å². The Morgan fingerprint density at radius 3 is 0.735 bits per heavy atom. The Balaban J connectivity index is 1.20. The zero-order valence-corrected chi connectivity index (χ0v) is 38.7. The van der Waals surface area contributed by atoms with Gasteiger partial charge in [0.15, 0.2) is 34.5 Å². The molecule has 0 aliphatic heterocycles. The third-order valence-electron chi connectivity index (χ3n) is 10.2. The van der Waals surface area contributed by atoms with E-state index >= 15 is 0 Å². The summed E-state index contributed by atoms with van der Waals surface area (Å²) in [5.41, 5.74) is 6.23. The molecule has 0 amide bonds. The summed E-state index contributed by atoms with van der Waals surface area (Å²) in [6.07, 6.45) is 5.02. The molecule has 0 heterocycles. The molecular formula is C58H55ClO9. The van der Waals surface area contributed by atoms with Crippen molar-refractivity contribution >= 4 is 11.6 Å². The summed E-state index contributed by atoms with van der Waals surface area (Å²) in [7, 11) is 0. The second-order valence-electron chi connectivity index (χ2n) is 15.4. The molecule has 0 N–H and O–H groups in total. The normalized spacial score (nSPS) is 10.6. The molecule has 0 aromatic heterocycles. The number of hydrogen-bond acceptors (Lipinski definition) is 9. The van der Waals surface area contributed by atoms with Gasteiger partial charge >= 0.3 is 0 Å². The van der Waals surface area contributed by atoms with Crippen LogP contribution in [0.2, 0.25) is 0 Å². The summed E-state index contributed by atoms with van der Waals surface area (Å²) >= 11 is 6.53. The lowest BCUT2D eigenvalue weighted by molar-refractivity contribution is 0.236. The average Bonchev–Trinajstić information content (AvgIpc) is 3.39. The topological polar surface area (TPSA) is 83.1 Å². The van der Waals surface area contributed by atoms with Crippen LogP contribution < -0.4 is 42.6 Å². The minimum atomic E-state index is 0.0944. The maximum atomic E-state index is 6.62. The number of halogens is 1. The van der Waals surface area contributed by atoms with E-state index in [1.54, 1.807) is 18.2 Å². The summed E-state index contributed by atoms with van der Waals surface area (Å²) in [6.45, 7) is 13.7. The molecule has 0 aliphatic rings. The molecule has 0 aliphatic carbocycles. The number of benzene rings is 7. The third kappa shape index (κ3) is 14.1. The molecule has 0 bridgehead atoms. The molecule has 68 heavy (non-hydrogen) atoms. The van der Waals surface area contributed by atoms with E-state index in [1.165, 1.54) is 0 Å². The molecule has 0 saturated carbocycles. The van der Waals surface area contributed by atoms with Crippen LogP contribution in [0.4, 0.5) is 0 Å². The van der Waals surface area contributed by atoms with Gasteiger partial charge < -0.3 is 42.6 Å². The summed E-state index contributed by atoms with van der Waals surface area (Å²) in [5.74, 6) is 4.25. The number of alkyl halides is 1. The van der Waals surface area contributed by atoms with Gasteiger partial charge in [-0.25, -0.2) is 0 Å². The standard InChI is InChI=1S/C58H55ClO9/c1-4-27-60-56-50(67-41-48-32-52(63-37-43-19-11-7-12-20-43)57(61-28-5-2)53(33-48)64-38-44-21-13-8-14-22-44)30-47(36-59)31-51(56)68-42-49-34-54(65-39-45-23-15-9-16-24-45)58(62-29-6-3)55(35-49)66-40-46-25-17-10-18-26-46/h4-26,30-35H,1-3,27-29,36-42H2. The van der Waals surface area contributed by atoms with Crippen LogP contribution in [-0.2, 0) is 45.5 Å². The fraction of sp³-hybridized carbons (Fsp3) is 0.172. The van der Waals surface area contributed by atoms with E-state index in [4.69, 9.17) is 54.2 Å². The van der Waals surface area contributed by atoms with Crippen LogP contribution in [0.3, 0.4) is 0 Å². The van der Waals surface area contributed by atoms with Crippen LogP contribution in [0, 0.1) is 0 Å². The van der Waals surface area contributed by atoms with Gasteiger partial charge in [-0.05, 0) is 75.3 Å². The van der Waals surface area contributed by atoms with Crippen molar-refractivity contribution in [3.63, 3.8) is 0 Å². The van der Waals surface area contributed by atoms with Crippen molar-refractivity contribution in [2.24, 2.45) is 0 Å². The van der Waals surface area contributed by atoms with Crippen LogP contribution in [0.15, 0.2) is 196 Å². The smallest absolute Gasteiger partial charge is 0.203 e. The molecule has 0 radical (unpaired) electrons. The highest BCUT2D eigenvalue weighted by molar-refractivity contribution is 6.17. The van der Waals surface area contributed by atoms with Gasteiger partial charge in [-0.3, -0.25) is 0 Å². The van der Waals surface area contributed by atoms with Crippen molar-refractivity contribution in [1.82, 2.24) is 0 Å². The highest BCUT2D eigenvalue weighted by atomic mass is 35.5. The molecule has 0 saturated heterocycles. The summed E-state index contributed by atoms with van der Waals surface area (Å²) in [5, 5.41) is 0. The third-order valence-corrected chi connectivity index (χ3v) is 10.5. The Kier molecular flexibility index (Phi) is 18.3. The lowest BCUT2D eigenvalue weighted by Crippen LogP contribution is -2.08. The van der Waals surface area contributed by atoms with E-state index in [2.05, 4.69) is 19.7 Å². The number of ether oxygens (including phenoxy) is 9.